The lowest BCUT2D eigenvalue weighted by Crippen LogP contribution is -2.38. The fourth-order valence-electron chi connectivity index (χ4n) is 4.94. The van der Waals surface area contributed by atoms with Crippen LogP contribution in [0.3, 0.4) is 0 Å². The van der Waals surface area contributed by atoms with Crippen LogP contribution in [0.2, 0.25) is 0 Å². The Morgan fingerprint density at radius 1 is 1.16 bits per heavy atom. The van der Waals surface area contributed by atoms with Gasteiger partial charge in [-0.2, -0.15) is 0 Å². The number of benzene rings is 2. The number of carbonyl (C=O) groups excluding carboxylic acids is 2. The van der Waals surface area contributed by atoms with Gasteiger partial charge in [0, 0.05) is 27.7 Å². The molecule has 2 fully saturated rings. The summed E-state index contributed by atoms with van der Waals surface area (Å²) in [5.41, 5.74) is 1.10. The zero-order valence-corrected chi connectivity index (χ0v) is 19.3. The second-order valence-corrected chi connectivity index (χ2v) is 9.46. The van der Waals surface area contributed by atoms with Crippen LogP contribution in [0.1, 0.15) is 36.8 Å². The average Bonchev–Trinajstić information content (AvgIpc) is 3.40. The van der Waals surface area contributed by atoms with E-state index in [-0.39, 0.29) is 18.4 Å². The molecular formula is C25H24BrF2NO3. The summed E-state index contributed by atoms with van der Waals surface area (Å²) in [4.78, 5) is 26.6. The number of halogens is 3. The number of fused-ring (bicyclic) bond motifs is 2. The van der Waals surface area contributed by atoms with Crippen LogP contribution in [0.15, 0.2) is 46.9 Å². The highest BCUT2D eigenvalue weighted by molar-refractivity contribution is 9.10. The number of ether oxygens (including phenoxy) is 1. The minimum absolute atomic E-state index is 0.00452. The molecule has 2 aromatic carbocycles. The Labute approximate surface area is 194 Å². The molecule has 1 amide bonds. The first-order valence-corrected chi connectivity index (χ1v) is 11.4. The van der Waals surface area contributed by atoms with Gasteiger partial charge in [0.1, 0.15) is 11.6 Å². The first-order valence-electron chi connectivity index (χ1n) is 10.7. The van der Waals surface area contributed by atoms with Crippen molar-refractivity contribution < 1.29 is 23.1 Å². The van der Waals surface area contributed by atoms with Gasteiger partial charge in [0.05, 0.1) is 13.7 Å². The fraction of sp³-hybridized carbons (Fsp3) is 0.360. The predicted octanol–water partition coefficient (Wildman–Crippen LogP) is 5.88. The Morgan fingerprint density at radius 2 is 1.97 bits per heavy atom. The van der Waals surface area contributed by atoms with Crippen LogP contribution in [0.4, 0.5) is 14.5 Å². The number of nitrogens with zero attached hydrogens (tertiary/aromatic N) is 1. The predicted molar refractivity (Wildman–Crippen MR) is 122 cm³/mol. The van der Waals surface area contributed by atoms with E-state index in [4.69, 9.17) is 0 Å². The van der Waals surface area contributed by atoms with E-state index in [2.05, 4.69) is 20.7 Å². The van der Waals surface area contributed by atoms with Gasteiger partial charge < -0.3 is 9.64 Å². The normalized spacial score (nSPS) is 21.8. The van der Waals surface area contributed by atoms with Crippen molar-refractivity contribution in [3.8, 4) is 0 Å². The van der Waals surface area contributed by atoms with E-state index >= 15 is 0 Å². The van der Waals surface area contributed by atoms with Crippen molar-refractivity contribution in [1.82, 2.24) is 0 Å². The molecule has 0 saturated heterocycles. The Balaban J connectivity index is 1.70. The number of hydrogen-bond donors (Lipinski definition) is 0. The van der Waals surface area contributed by atoms with E-state index in [1.165, 1.54) is 42.4 Å². The highest BCUT2D eigenvalue weighted by Gasteiger charge is 2.44. The Morgan fingerprint density at radius 3 is 2.62 bits per heavy atom. The summed E-state index contributed by atoms with van der Waals surface area (Å²) in [5, 5.41) is 0. The monoisotopic (exact) mass is 503 g/mol. The van der Waals surface area contributed by atoms with E-state index in [1.807, 2.05) is 0 Å². The van der Waals surface area contributed by atoms with Crippen molar-refractivity contribution in [3.05, 3.63) is 69.7 Å². The van der Waals surface area contributed by atoms with Gasteiger partial charge in [0.25, 0.3) is 0 Å². The SMILES string of the molecule is COC(=O)C=Cc1cc(F)cc(N(Cc2ccc(Br)cc2F)C(=O)C2CC3CCC2C3)c1. The van der Waals surface area contributed by atoms with Gasteiger partial charge in [-0.05, 0) is 73.1 Å². The first kappa shape index (κ1) is 22.6. The number of carbonyl (C=O) groups is 2. The van der Waals surface area contributed by atoms with Crippen molar-refractivity contribution in [3.63, 3.8) is 0 Å². The zero-order valence-electron chi connectivity index (χ0n) is 17.7. The van der Waals surface area contributed by atoms with Crippen molar-refractivity contribution in [2.75, 3.05) is 12.0 Å². The molecule has 0 N–H and O–H groups in total. The Kier molecular flexibility index (Phi) is 6.74. The first-order chi connectivity index (χ1) is 15.3. The summed E-state index contributed by atoms with van der Waals surface area (Å²) < 4.78 is 34.3. The van der Waals surface area contributed by atoms with Crippen LogP contribution in [0.5, 0.6) is 0 Å². The molecule has 2 aliphatic rings. The summed E-state index contributed by atoms with van der Waals surface area (Å²) >= 11 is 3.25. The molecule has 0 radical (unpaired) electrons. The van der Waals surface area contributed by atoms with Crippen molar-refractivity contribution >= 4 is 39.6 Å². The molecule has 32 heavy (non-hydrogen) atoms. The lowest BCUT2D eigenvalue weighted by Gasteiger charge is -2.30. The number of esters is 1. The standard InChI is InChI=1S/C25H24BrF2NO3/c1-32-24(30)7-3-16-9-20(27)13-21(10-16)29(14-18-5-6-19(26)12-23(18)28)25(31)22-11-15-2-4-17(22)8-15/h3,5-7,9-10,12-13,15,17,22H,2,4,8,11,14H2,1H3. The Hall–Kier alpha value is -2.54. The molecule has 3 atom stereocenters. The molecule has 0 aromatic heterocycles. The molecule has 2 bridgehead atoms. The highest BCUT2D eigenvalue weighted by atomic mass is 79.9. The van der Waals surface area contributed by atoms with Gasteiger partial charge in [-0.25, -0.2) is 13.6 Å². The second-order valence-electron chi connectivity index (χ2n) is 8.54. The van der Waals surface area contributed by atoms with Gasteiger partial charge in [0.15, 0.2) is 0 Å². The summed E-state index contributed by atoms with van der Waals surface area (Å²) in [7, 11) is 1.26. The van der Waals surface area contributed by atoms with E-state index < -0.39 is 17.6 Å². The van der Waals surface area contributed by atoms with E-state index in [1.54, 1.807) is 18.2 Å². The van der Waals surface area contributed by atoms with Crippen molar-refractivity contribution in [1.29, 1.82) is 0 Å². The fourth-order valence-corrected chi connectivity index (χ4v) is 5.28. The summed E-state index contributed by atoms with van der Waals surface area (Å²) in [6.45, 7) is -0.00452. The van der Waals surface area contributed by atoms with Crippen LogP contribution >= 0.6 is 15.9 Å². The van der Waals surface area contributed by atoms with Gasteiger partial charge >= 0.3 is 5.97 Å². The second kappa shape index (κ2) is 9.53. The topological polar surface area (TPSA) is 46.6 Å². The summed E-state index contributed by atoms with van der Waals surface area (Å²) in [6.07, 6.45) is 6.67. The van der Waals surface area contributed by atoms with Crippen molar-refractivity contribution in [2.24, 2.45) is 17.8 Å². The number of hydrogen-bond acceptors (Lipinski definition) is 3. The zero-order chi connectivity index (χ0) is 22.8. The molecule has 0 aliphatic heterocycles. The molecule has 2 aromatic rings. The highest BCUT2D eigenvalue weighted by Crippen LogP contribution is 2.49. The van der Waals surface area contributed by atoms with Gasteiger partial charge in [-0.3, -0.25) is 4.79 Å². The number of rotatable bonds is 6. The van der Waals surface area contributed by atoms with E-state index in [9.17, 15) is 18.4 Å². The third kappa shape index (κ3) is 4.93. The largest absolute Gasteiger partial charge is 0.466 e. The van der Waals surface area contributed by atoms with Gasteiger partial charge in [-0.1, -0.05) is 28.4 Å². The summed E-state index contributed by atoms with van der Waals surface area (Å²) in [6, 6.07) is 8.86. The average molecular weight is 504 g/mol. The number of methoxy groups -OCH3 is 1. The van der Waals surface area contributed by atoms with Gasteiger partial charge in [0.2, 0.25) is 5.91 Å². The van der Waals surface area contributed by atoms with Crippen LogP contribution in [0.25, 0.3) is 6.08 Å². The molecular weight excluding hydrogens is 480 g/mol. The maximum Gasteiger partial charge on any atom is 0.330 e. The molecule has 0 spiro atoms. The minimum atomic E-state index is -0.567. The lowest BCUT2D eigenvalue weighted by atomic mass is 9.87. The maximum absolute atomic E-state index is 14.6. The van der Waals surface area contributed by atoms with Crippen LogP contribution in [-0.2, 0) is 20.9 Å². The quantitative estimate of drug-likeness (QED) is 0.365. The van der Waals surface area contributed by atoms with Gasteiger partial charge in [-0.15, -0.1) is 0 Å². The summed E-state index contributed by atoms with van der Waals surface area (Å²) in [5.74, 6) is -0.898. The van der Waals surface area contributed by atoms with E-state index in [0.29, 0.717) is 33.1 Å². The molecule has 2 saturated carbocycles. The molecule has 0 heterocycles. The van der Waals surface area contributed by atoms with Crippen LogP contribution < -0.4 is 4.90 Å². The minimum Gasteiger partial charge on any atom is -0.466 e. The third-order valence-electron chi connectivity index (χ3n) is 6.49. The van der Waals surface area contributed by atoms with Crippen LogP contribution in [0, 0.1) is 29.4 Å². The molecule has 2 aliphatic carbocycles. The molecule has 168 valence electrons. The number of anilines is 1. The lowest BCUT2D eigenvalue weighted by molar-refractivity contribution is -0.134. The maximum atomic E-state index is 14.6. The Bertz CT molecular complexity index is 1070. The smallest absolute Gasteiger partial charge is 0.330 e. The molecule has 3 unspecified atom stereocenters. The molecule has 7 heteroatoms. The van der Waals surface area contributed by atoms with E-state index in [0.717, 1.165) is 25.7 Å². The van der Waals surface area contributed by atoms with Crippen molar-refractivity contribution in [2.45, 2.75) is 32.2 Å². The number of amides is 1. The third-order valence-corrected chi connectivity index (χ3v) is 6.99. The van der Waals surface area contributed by atoms with Crippen LogP contribution in [-0.4, -0.2) is 19.0 Å². The molecule has 4 rings (SSSR count). The molecule has 4 nitrogen and oxygen atoms in total.